The van der Waals surface area contributed by atoms with E-state index in [0.29, 0.717) is 12.8 Å². The molecule has 6 heteroatoms. The highest BCUT2D eigenvalue weighted by molar-refractivity contribution is 5.14. The van der Waals surface area contributed by atoms with E-state index in [-0.39, 0.29) is 5.82 Å². The Balaban J connectivity index is 2.35. The van der Waals surface area contributed by atoms with E-state index in [9.17, 15) is 13.2 Å². The Hall–Kier alpha value is -1.17. The highest BCUT2D eigenvalue weighted by Crippen LogP contribution is 2.37. The number of aromatic nitrogens is 2. The normalized spacial score (nSPS) is 19.7. The first-order valence-corrected chi connectivity index (χ1v) is 4.61. The molecule has 1 aliphatic rings. The first-order valence-electron chi connectivity index (χ1n) is 4.61. The second-order valence-corrected chi connectivity index (χ2v) is 3.77. The molecular formula is C9H10F3N3. The van der Waals surface area contributed by atoms with Crippen LogP contribution >= 0.6 is 0 Å². The molecule has 1 aromatic heterocycles. The molecule has 1 fully saturated rings. The van der Waals surface area contributed by atoms with E-state index >= 15 is 0 Å². The molecule has 1 saturated carbocycles. The maximum Gasteiger partial charge on any atom is 0.433 e. The molecule has 0 saturated heterocycles. The van der Waals surface area contributed by atoms with E-state index in [0.717, 1.165) is 18.7 Å². The minimum atomic E-state index is -4.43. The molecule has 0 spiro atoms. The van der Waals surface area contributed by atoms with E-state index in [1.165, 1.54) is 0 Å². The SMILES string of the molecule is NC1(c2nccc(C(F)(F)F)n2)CCC1. The lowest BCUT2D eigenvalue weighted by Crippen LogP contribution is -2.45. The van der Waals surface area contributed by atoms with Gasteiger partial charge >= 0.3 is 6.18 Å². The number of hydrogen-bond donors (Lipinski definition) is 1. The molecule has 0 amide bonds. The van der Waals surface area contributed by atoms with E-state index in [1.807, 2.05) is 0 Å². The third-order valence-electron chi connectivity index (χ3n) is 2.64. The Kier molecular flexibility index (Phi) is 2.18. The molecule has 0 aromatic carbocycles. The fraction of sp³-hybridized carbons (Fsp3) is 0.556. The monoisotopic (exact) mass is 217 g/mol. The average molecular weight is 217 g/mol. The highest BCUT2D eigenvalue weighted by atomic mass is 19.4. The van der Waals surface area contributed by atoms with Crippen molar-refractivity contribution in [2.75, 3.05) is 0 Å². The predicted octanol–water partition coefficient (Wildman–Crippen LogP) is 1.83. The first-order chi connectivity index (χ1) is 6.92. The van der Waals surface area contributed by atoms with Crippen LogP contribution in [-0.2, 0) is 11.7 Å². The maximum atomic E-state index is 12.3. The van der Waals surface area contributed by atoms with Gasteiger partial charge in [0.25, 0.3) is 0 Å². The minimum absolute atomic E-state index is 0.101. The lowest BCUT2D eigenvalue weighted by molar-refractivity contribution is -0.141. The van der Waals surface area contributed by atoms with Gasteiger partial charge in [-0.15, -0.1) is 0 Å². The summed E-state index contributed by atoms with van der Waals surface area (Å²) in [7, 11) is 0. The average Bonchev–Trinajstić information content (AvgIpc) is 2.13. The van der Waals surface area contributed by atoms with Gasteiger partial charge in [-0.1, -0.05) is 0 Å². The van der Waals surface area contributed by atoms with E-state index in [2.05, 4.69) is 9.97 Å². The first kappa shape index (κ1) is 10.4. The molecular weight excluding hydrogens is 207 g/mol. The molecule has 0 unspecified atom stereocenters. The van der Waals surface area contributed by atoms with Crippen LogP contribution in [0.3, 0.4) is 0 Å². The quantitative estimate of drug-likeness (QED) is 0.780. The lowest BCUT2D eigenvalue weighted by atomic mass is 9.77. The van der Waals surface area contributed by atoms with E-state index in [1.54, 1.807) is 0 Å². The number of nitrogens with zero attached hydrogens (tertiary/aromatic N) is 2. The number of rotatable bonds is 1. The Morgan fingerprint density at radius 1 is 1.33 bits per heavy atom. The smallest absolute Gasteiger partial charge is 0.319 e. The summed E-state index contributed by atoms with van der Waals surface area (Å²) >= 11 is 0. The van der Waals surface area contributed by atoms with Gasteiger partial charge in [0, 0.05) is 6.20 Å². The number of halogens is 3. The molecule has 1 heterocycles. The van der Waals surface area contributed by atoms with Gasteiger partial charge in [0.05, 0.1) is 5.54 Å². The second kappa shape index (κ2) is 3.16. The molecule has 1 aromatic rings. The van der Waals surface area contributed by atoms with Gasteiger partial charge < -0.3 is 5.73 Å². The van der Waals surface area contributed by atoms with Gasteiger partial charge in [0.1, 0.15) is 11.5 Å². The molecule has 15 heavy (non-hydrogen) atoms. The standard InChI is InChI=1S/C9H10F3N3/c10-9(11,12)6-2-5-14-7(15-6)8(13)3-1-4-8/h2,5H,1,3-4,13H2. The van der Waals surface area contributed by atoms with Crippen molar-refractivity contribution in [3.05, 3.63) is 23.8 Å². The number of nitrogens with two attached hydrogens (primary N) is 1. The Morgan fingerprint density at radius 2 is 2.00 bits per heavy atom. The Bertz CT molecular complexity index is 371. The van der Waals surface area contributed by atoms with Crippen molar-refractivity contribution in [1.29, 1.82) is 0 Å². The van der Waals surface area contributed by atoms with Gasteiger partial charge in [-0.05, 0) is 25.3 Å². The van der Waals surface area contributed by atoms with Crippen LogP contribution in [0.5, 0.6) is 0 Å². The van der Waals surface area contributed by atoms with Crippen molar-refractivity contribution in [3.63, 3.8) is 0 Å². The van der Waals surface area contributed by atoms with Gasteiger partial charge in [0.15, 0.2) is 0 Å². The molecule has 3 nitrogen and oxygen atoms in total. The molecule has 2 N–H and O–H groups in total. The van der Waals surface area contributed by atoms with Crippen molar-refractivity contribution in [2.24, 2.45) is 5.73 Å². The fourth-order valence-electron chi connectivity index (χ4n) is 1.54. The van der Waals surface area contributed by atoms with Crippen molar-refractivity contribution in [2.45, 2.75) is 31.0 Å². The van der Waals surface area contributed by atoms with Crippen LogP contribution in [0.4, 0.5) is 13.2 Å². The minimum Gasteiger partial charge on any atom is -0.319 e. The molecule has 0 aliphatic heterocycles. The number of hydrogen-bond acceptors (Lipinski definition) is 3. The summed E-state index contributed by atoms with van der Waals surface area (Å²) in [5, 5.41) is 0. The van der Waals surface area contributed by atoms with Crippen molar-refractivity contribution in [3.8, 4) is 0 Å². The summed E-state index contributed by atoms with van der Waals surface area (Å²) in [6.45, 7) is 0. The van der Waals surface area contributed by atoms with Crippen molar-refractivity contribution >= 4 is 0 Å². The third-order valence-corrected chi connectivity index (χ3v) is 2.64. The summed E-state index contributed by atoms with van der Waals surface area (Å²) in [6.07, 6.45) is -1.12. The summed E-state index contributed by atoms with van der Waals surface area (Å²) in [5.74, 6) is 0.101. The zero-order chi connectivity index (χ0) is 11.1. The Morgan fingerprint density at radius 3 is 2.47 bits per heavy atom. The van der Waals surface area contributed by atoms with Crippen LogP contribution in [0.2, 0.25) is 0 Å². The van der Waals surface area contributed by atoms with Crippen molar-refractivity contribution < 1.29 is 13.2 Å². The lowest BCUT2D eigenvalue weighted by Gasteiger charge is -2.36. The summed E-state index contributed by atoms with van der Waals surface area (Å²) in [6, 6.07) is 0.853. The van der Waals surface area contributed by atoms with Crippen LogP contribution in [0.1, 0.15) is 30.8 Å². The molecule has 1 aliphatic carbocycles. The largest absolute Gasteiger partial charge is 0.433 e. The summed E-state index contributed by atoms with van der Waals surface area (Å²) in [4.78, 5) is 7.29. The van der Waals surface area contributed by atoms with Gasteiger partial charge in [-0.3, -0.25) is 0 Å². The Labute approximate surface area is 84.5 Å². The topological polar surface area (TPSA) is 51.8 Å². The fourth-order valence-corrected chi connectivity index (χ4v) is 1.54. The third kappa shape index (κ3) is 1.81. The number of alkyl halides is 3. The zero-order valence-corrected chi connectivity index (χ0v) is 7.88. The molecule has 82 valence electrons. The molecule has 0 radical (unpaired) electrons. The molecule has 0 atom stereocenters. The van der Waals surface area contributed by atoms with Crippen LogP contribution in [-0.4, -0.2) is 9.97 Å². The zero-order valence-electron chi connectivity index (χ0n) is 7.88. The predicted molar refractivity (Wildman–Crippen MR) is 46.8 cm³/mol. The van der Waals surface area contributed by atoms with Gasteiger partial charge in [0.2, 0.25) is 0 Å². The van der Waals surface area contributed by atoms with Crippen LogP contribution in [0, 0.1) is 0 Å². The van der Waals surface area contributed by atoms with E-state index < -0.39 is 17.4 Å². The van der Waals surface area contributed by atoms with Crippen LogP contribution < -0.4 is 5.73 Å². The van der Waals surface area contributed by atoms with E-state index in [4.69, 9.17) is 5.73 Å². The van der Waals surface area contributed by atoms with Gasteiger partial charge in [-0.25, -0.2) is 9.97 Å². The summed E-state index contributed by atoms with van der Waals surface area (Å²) < 4.78 is 37.0. The van der Waals surface area contributed by atoms with Crippen LogP contribution in [0.25, 0.3) is 0 Å². The summed E-state index contributed by atoms with van der Waals surface area (Å²) in [5.41, 5.74) is 4.17. The molecule has 0 bridgehead atoms. The second-order valence-electron chi connectivity index (χ2n) is 3.77. The molecule has 2 rings (SSSR count). The maximum absolute atomic E-state index is 12.3. The van der Waals surface area contributed by atoms with Gasteiger partial charge in [-0.2, -0.15) is 13.2 Å². The highest BCUT2D eigenvalue weighted by Gasteiger charge is 2.39. The van der Waals surface area contributed by atoms with Crippen molar-refractivity contribution in [1.82, 2.24) is 9.97 Å². The van der Waals surface area contributed by atoms with Crippen LogP contribution in [0.15, 0.2) is 12.3 Å².